The zero-order valence-electron chi connectivity index (χ0n) is 18.6. The van der Waals surface area contributed by atoms with Gasteiger partial charge in [0.2, 0.25) is 6.29 Å². The number of aromatic amines is 1. The quantitative estimate of drug-likeness (QED) is 0.196. The molecule has 0 spiro atoms. The Kier molecular flexibility index (Phi) is 7.37. The Morgan fingerprint density at radius 1 is 1.11 bits per heavy atom. The van der Waals surface area contributed by atoms with Gasteiger partial charge in [0.15, 0.2) is 23.0 Å². The number of imidazole rings is 1. The highest BCUT2D eigenvalue weighted by molar-refractivity contribution is 7.46. The van der Waals surface area contributed by atoms with Crippen molar-refractivity contribution in [2.75, 3.05) is 26.1 Å². The van der Waals surface area contributed by atoms with E-state index in [0.29, 0.717) is 28.3 Å². The van der Waals surface area contributed by atoms with Gasteiger partial charge in [-0.2, -0.15) is 0 Å². The van der Waals surface area contributed by atoms with Crippen molar-refractivity contribution in [2.24, 2.45) is 0 Å². The van der Waals surface area contributed by atoms with Crippen molar-refractivity contribution < 1.29 is 48.0 Å². The molecule has 35 heavy (non-hydrogen) atoms. The van der Waals surface area contributed by atoms with E-state index in [1.54, 1.807) is 12.1 Å². The molecule has 4 rings (SSSR count). The molecule has 3 heterocycles. The molecular weight excluding hydrogens is 489 g/mol. The summed E-state index contributed by atoms with van der Waals surface area (Å²) in [7, 11) is -1.93. The normalized spacial score (nSPS) is 22.3. The maximum Gasteiger partial charge on any atom is 0.469 e. The van der Waals surface area contributed by atoms with Crippen LogP contribution in [0.3, 0.4) is 0 Å². The molecular formula is C19H24N5O10P. The first-order valence-electron chi connectivity index (χ1n) is 10.2. The second-order valence-electron chi connectivity index (χ2n) is 7.38. The van der Waals surface area contributed by atoms with Crippen LogP contribution in [0.2, 0.25) is 0 Å². The highest BCUT2D eigenvalue weighted by Gasteiger charge is 2.45. The van der Waals surface area contributed by atoms with Crippen molar-refractivity contribution in [3.63, 3.8) is 0 Å². The van der Waals surface area contributed by atoms with E-state index in [1.807, 2.05) is 0 Å². The van der Waals surface area contributed by atoms with E-state index in [0.717, 1.165) is 0 Å². The van der Waals surface area contributed by atoms with E-state index in [4.69, 9.17) is 28.7 Å². The first-order valence-corrected chi connectivity index (χ1v) is 11.7. The molecule has 15 nitrogen and oxygen atoms in total. The van der Waals surface area contributed by atoms with Crippen LogP contribution in [0.4, 0.5) is 5.82 Å². The monoisotopic (exact) mass is 513 g/mol. The van der Waals surface area contributed by atoms with E-state index in [9.17, 15) is 14.8 Å². The van der Waals surface area contributed by atoms with Gasteiger partial charge in [0.25, 0.3) is 0 Å². The Labute approximate surface area is 198 Å². The number of hydrogen-bond donors (Lipinski definition) is 6. The van der Waals surface area contributed by atoms with Crippen LogP contribution in [-0.2, 0) is 20.4 Å². The standard InChI is InChI=1S/C19H24N5O10P/c1-30-10-3-4-11(31-2)16(9(10)5-20-17-13-18(22-7-21-13)24-8-23-17)34-19-15(26)14(25)12(33-19)6-32-35(27,28)29/h3-4,7-8,12,14-15,19,25-26H,5-6H2,1-2H3,(H2,27,28,29)(H2,20,21,22,23,24)/t12-,14-,15-,19?/m1/s1. The van der Waals surface area contributed by atoms with Crippen LogP contribution in [-0.4, -0.2) is 85.4 Å². The fraction of sp³-hybridized carbons (Fsp3) is 0.421. The predicted octanol–water partition coefficient (Wildman–Crippen LogP) is -0.0830. The summed E-state index contributed by atoms with van der Waals surface area (Å²) in [5.41, 5.74) is 1.53. The highest BCUT2D eigenvalue weighted by atomic mass is 31.2. The fourth-order valence-corrected chi connectivity index (χ4v) is 3.89. The van der Waals surface area contributed by atoms with Crippen molar-refractivity contribution in [3.8, 4) is 17.2 Å². The predicted molar refractivity (Wildman–Crippen MR) is 118 cm³/mol. The lowest BCUT2D eigenvalue weighted by molar-refractivity contribution is -0.116. The molecule has 0 aliphatic carbocycles. The Morgan fingerprint density at radius 2 is 1.86 bits per heavy atom. The Balaban J connectivity index is 1.59. The summed E-state index contributed by atoms with van der Waals surface area (Å²) in [5, 5.41) is 23.8. The van der Waals surface area contributed by atoms with Crippen LogP contribution in [0.15, 0.2) is 24.8 Å². The van der Waals surface area contributed by atoms with Crippen LogP contribution in [0.1, 0.15) is 5.56 Å². The van der Waals surface area contributed by atoms with Crippen LogP contribution in [0, 0.1) is 0 Å². The van der Waals surface area contributed by atoms with Crippen LogP contribution >= 0.6 is 7.82 Å². The van der Waals surface area contributed by atoms with E-state index >= 15 is 0 Å². The number of aliphatic hydroxyl groups excluding tert-OH is 2. The number of nitrogens with zero attached hydrogens (tertiary/aromatic N) is 3. The first-order chi connectivity index (χ1) is 16.7. The van der Waals surface area contributed by atoms with Gasteiger partial charge in [-0.1, -0.05) is 0 Å². The largest absolute Gasteiger partial charge is 0.496 e. The Hall–Kier alpha value is -3.04. The Bertz CT molecular complexity index is 1220. The minimum atomic E-state index is -4.81. The number of nitrogens with one attached hydrogen (secondary N) is 2. The van der Waals surface area contributed by atoms with Gasteiger partial charge in [-0.15, -0.1) is 0 Å². The third kappa shape index (κ3) is 5.46. The summed E-state index contributed by atoms with van der Waals surface area (Å²) in [6.45, 7) is -0.545. The van der Waals surface area contributed by atoms with Gasteiger partial charge >= 0.3 is 7.82 Å². The van der Waals surface area contributed by atoms with E-state index < -0.39 is 39.0 Å². The van der Waals surface area contributed by atoms with Crippen LogP contribution in [0.5, 0.6) is 17.2 Å². The second-order valence-corrected chi connectivity index (χ2v) is 8.62. The maximum atomic E-state index is 11.0. The van der Waals surface area contributed by atoms with Gasteiger partial charge in [-0.3, -0.25) is 4.52 Å². The first kappa shape index (κ1) is 25.1. The van der Waals surface area contributed by atoms with Crippen molar-refractivity contribution in [1.82, 2.24) is 19.9 Å². The summed E-state index contributed by atoms with van der Waals surface area (Å²) in [4.78, 5) is 33.1. The van der Waals surface area contributed by atoms with E-state index in [1.165, 1.54) is 26.9 Å². The molecule has 0 bridgehead atoms. The summed E-state index contributed by atoms with van der Waals surface area (Å²) < 4.78 is 37.6. The number of benzene rings is 1. The zero-order chi connectivity index (χ0) is 25.2. The van der Waals surface area contributed by atoms with Crippen molar-refractivity contribution in [1.29, 1.82) is 0 Å². The molecule has 1 unspecified atom stereocenters. The number of methoxy groups -OCH3 is 2. The van der Waals surface area contributed by atoms with Gasteiger partial charge in [-0.05, 0) is 12.1 Å². The smallest absolute Gasteiger partial charge is 0.469 e. The second kappa shape index (κ2) is 10.3. The number of phosphoric ester groups is 1. The van der Waals surface area contributed by atoms with E-state index in [2.05, 4.69) is 29.8 Å². The molecule has 190 valence electrons. The van der Waals surface area contributed by atoms with Gasteiger partial charge in [0.05, 0.1) is 32.7 Å². The molecule has 0 radical (unpaired) electrons. The minimum Gasteiger partial charge on any atom is -0.496 e. The molecule has 6 N–H and O–H groups in total. The lowest BCUT2D eigenvalue weighted by Crippen LogP contribution is -2.36. The average molecular weight is 513 g/mol. The van der Waals surface area contributed by atoms with Gasteiger partial charge in [0.1, 0.15) is 35.9 Å². The number of anilines is 1. The molecule has 1 aliphatic heterocycles. The number of aliphatic hydroxyl groups is 2. The summed E-state index contributed by atoms with van der Waals surface area (Å²) in [5.74, 6) is 1.29. The number of H-pyrrole nitrogens is 1. The number of rotatable bonds is 10. The van der Waals surface area contributed by atoms with Crippen molar-refractivity contribution in [3.05, 3.63) is 30.4 Å². The molecule has 0 saturated carbocycles. The molecule has 3 aromatic rings. The third-order valence-corrected chi connectivity index (χ3v) is 5.72. The molecule has 2 aromatic heterocycles. The summed E-state index contributed by atoms with van der Waals surface area (Å²) >= 11 is 0. The molecule has 16 heteroatoms. The third-order valence-electron chi connectivity index (χ3n) is 5.24. The number of phosphoric acid groups is 1. The summed E-state index contributed by atoms with van der Waals surface area (Å²) in [6.07, 6.45) is -2.90. The van der Waals surface area contributed by atoms with Gasteiger partial charge in [-0.25, -0.2) is 19.5 Å². The number of aromatic nitrogens is 4. The van der Waals surface area contributed by atoms with Crippen LogP contribution < -0.4 is 19.5 Å². The van der Waals surface area contributed by atoms with E-state index in [-0.39, 0.29) is 18.0 Å². The Morgan fingerprint density at radius 3 is 2.57 bits per heavy atom. The number of ether oxygens (including phenoxy) is 4. The maximum absolute atomic E-state index is 11.0. The molecule has 1 aliphatic rings. The summed E-state index contributed by atoms with van der Waals surface area (Å²) in [6, 6.07) is 3.24. The highest BCUT2D eigenvalue weighted by Crippen LogP contribution is 2.41. The molecule has 1 fully saturated rings. The minimum absolute atomic E-state index is 0.122. The zero-order valence-corrected chi connectivity index (χ0v) is 19.5. The number of fused-ring (bicyclic) bond motifs is 1. The SMILES string of the molecule is COc1ccc(OC)c(OC2O[C@H](COP(=O)(O)O)[C@@H](O)[C@H]2O)c1CNc1ncnc2nc[nH]c12. The lowest BCUT2D eigenvalue weighted by atomic mass is 10.1. The van der Waals surface area contributed by atoms with Crippen molar-refractivity contribution in [2.45, 2.75) is 31.1 Å². The lowest BCUT2D eigenvalue weighted by Gasteiger charge is -2.23. The molecule has 1 aromatic carbocycles. The topological polar surface area (TPSA) is 211 Å². The fourth-order valence-electron chi connectivity index (χ4n) is 3.54. The average Bonchev–Trinajstić information content (AvgIpc) is 3.42. The molecule has 0 amide bonds. The molecule has 4 atom stereocenters. The van der Waals surface area contributed by atoms with Gasteiger partial charge in [0, 0.05) is 6.54 Å². The van der Waals surface area contributed by atoms with Crippen LogP contribution in [0.25, 0.3) is 11.2 Å². The van der Waals surface area contributed by atoms with Crippen molar-refractivity contribution >= 4 is 24.8 Å². The molecule has 1 saturated heterocycles. The number of hydrogen-bond acceptors (Lipinski definition) is 12. The van der Waals surface area contributed by atoms with Gasteiger partial charge < -0.3 is 49.2 Å².